The van der Waals surface area contributed by atoms with Crippen molar-refractivity contribution in [2.45, 2.75) is 64.0 Å². The normalized spacial score (nSPS) is 14.8. The third-order valence-electron chi connectivity index (χ3n) is 6.68. The maximum atomic E-state index is 13.4. The van der Waals surface area contributed by atoms with Gasteiger partial charge in [0.15, 0.2) is 0 Å². The van der Waals surface area contributed by atoms with Crippen LogP contribution in [0.1, 0.15) is 51.0 Å². The Labute approximate surface area is 230 Å². The van der Waals surface area contributed by atoms with E-state index < -0.39 is 16.1 Å². The molecule has 202 valence electrons. The molecule has 0 saturated heterocycles. The molecule has 1 aliphatic rings. The minimum absolute atomic E-state index is 0.0554. The molecule has 2 amide bonds. The molecular formula is C27H35Cl2N3O4S. The van der Waals surface area contributed by atoms with E-state index in [2.05, 4.69) is 5.32 Å². The van der Waals surface area contributed by atoms with Crippen molar-refractivity contribution in [1.82, 2.24) is 10.2 Å². The molecule has 1 unspecified atom stereocenters. The van der Waals surface area contributed by atoms with Crippen LogP contribution >= 0.6 is 23.2 Å². The lowest BCUT2D eigenvalue weighted by Crippen LogP contribution is -2.50. The van der Waals surface area contributed by atoms with Crippen LogP contribution in [0.25, 0.3) is 0 Å². The second kappa shape index (κ2) is 13.5. The lowest BCUT2D eigenvalue weighted by atomic mass is 10.1. The van der Waals surface area contributed by atoms with Crippen LogP contribution in [-0.4, -0.2) is 56.6 Å². The van der Waals surface area contributed by atoms with Crippen LogP contribution in [0, 0.1) is 0 Å². The fourth-order valence-electron chi connectivity index (χ4n) is 4.62. The van der Waals surface area contributed by atoms with Gasteiger partial charge < -0.3 is 10.2 Å². The highest BCUT2D eigenvalue weighted by atomic mass is 35.5. The molecule has 0 radical (unpaired) electrons. The molecule has 1 aliphatic carbocycles. The number of rotatable bonds is 12. The van der Waals surface area contributed by atoms with E-state index in [0.29, 0.717) is 18.0 Å². The fourth-order valence-corrected chi connectivity index (χ4v) is 6.03. The quantitative estimate of drug-likeness (QED) is 0.388. The van der Waals surface area contributed by atoms with Gasteiger partial charge in [-0.2, -0.15) is 0 Å². The van der Waals surface area contributed by atoms with Crippen LogP contribution in [0.3, 0.4) is 0 Å². The Morgan fingerprint density at radius 2 is 1.73 bits per heavy atom. The molecule has 0 heterocycles. The maximum absolute atomic E-state index is 13.4. The highest BCUT2D eigenvalue weighted by Crippen LogP contribution is 2.31. The number of carbonyl (C=O) groups is 2. The molecule has 7 nitrogen and oxygen atoms in total. The minimum Gasteiger partial charge on any atom is -0.352 e. The SMILES string of the molecule is CC(C(=O)NC1CCCC1)N(CCc1ccccc1)C(=O)CCCN(c1cc(Cl)ccc1Cl)S(C)(=O)=O. The number of carbonyl (C=O) groups excluding carboxylic acids is 2. The van der Waals surface area contributed by atoms with Gasteiger partial charge in [0.05, 0.1) is 17.0 Å². The number of hydrogen-bond donors (Lipinski definition) is 1. The molecule has 2 aromatic rings. The zero-order valence-electron chi connectivity index (χ0n) is 21.3. The summed E-state index contributed by atoms with van der Waals surface area (Å²) < 4.78 is 26.2. The first-order valence-corrected chi connectivity index (χ1v) is 15.2. The van der Waals surface area contributed by atoms with E-state index in [-0.39, 0.29) is 48.0 Å². The van der Waals surface area contributed by atoms with Crippen molar-refractivity contribution in [2.24, 2.45) is 0 Å². The third kappa shape index (κ3) is 8.62. The van der Waals surface area contributed by atoms with Crippen molar-refractivity contribution in [2.75, 3.05) is 23.7 Å². The number of nitrogens with one attached hydrogen (secondary N) is 1. The Kier molecular flexibility index (Phi) is 10.7. The van der Waals surface area contributed by atoms with Crippen molar-refractivity contribution in [3.63, 3.8) is 0 Å². The summed E-state index contributed by atoms with van der Waals surface area (Å²) in [5.41, 5.74) is 1.34. The van der Waals surface area contributed by atoms with E-state index in [1.54, 1.807) is 24.0 Å². The molecule has 1 atom stereocenters. The Morgan fingerprint density at radius 1 is 1.05 bits per heavy atom. The van der Waals surface area contributed by atoms with Crippen LogP contribution < -0.4 is 9.62 Å². The van der Waals surface area contributed by atoms with Gasteiger partial charge in [-0.25, -0.2) is 8.42 Å². The van der Waals surface area contributed by atoms with E-state index in [0.717, 1.165) is 37.5 Å². The van der Waals surface area contributed by atoms with Crippen LogP contribution in [-0.2, 0) is 26.0 Å². The van der Waals surface area contributed by atoms with Crippen LogP contribution in [0.4, 0.5) is 5.69 Å². The Bertz CT molecular complexity index is 1170. The van der Waals surface area contributed by atoms with Crippen molar-refractivity contribution < 1.29 is 18.0 Å². The van der Waals surface area contributed by atoms with Gasteiger partial charge in [0.2, 0.25) is 21.8 Å². The zero-order chi connectivity index (χ0) is 27.0. The molecule has 0 aliphatic heterocycles. The number of benzene rings is 2. The second-order valence-corrected chi connectivity index (χ2v) is 12.3. The van der Waals surface area contributed by atoms with E-state index in [9.17, 15) is 18.0 Å². The van der Waals surface area contributed by atoms with Crippen LogP contribution in [0.5, 0.6) is 0 Å². The molecule has 2 aromatic carbocycles. The molecule has 3 rings (SSSR count). The van der Waals surface area contributed by atoms with E-state index in [4.69, 9.17) is 23.2 Å². The third-order valence-corrected chi connectivity index (χ3v) is 8.42. The molecule has 1 saturated carbocycles. The average molecular weight is 569 g/mol. The lowest BCUT2D eigenvalue weighted by molar-refractivity contribution is -0.140. The standard InChI is InChI=1S/C27H35Cl2N3O4S/c1-20(27(34)30-23-11-6-7-12-23)31(18-16-21-9-4-3-5-10-21)26(33)13-8-17-32(37(2,35)36)25-19-22(28)14-15-24(25)29/h3-5,9-10,14-15,19-20,23H,6-8,11-13,16-18H2,1-2H3,(H,30,34). The first kappa shape index (κ1) is 29.3. The molecule has 0 spiro atoms. The van der Waals surface area contributed by atoms with Crippen LogP contribution in [0.15, 0.2) is 48.5 Å². The van der Waals surface area contributed by atoms with Crippen molar-refractivity contribution >= 4 is 50.7 Å². The van der Waals surface area contributed by atoms with Gasteiger partial charge in [-0.3, -0.25) is 13.9 Å². The molecule has 0 aromatic heterocycles. The maximum Gasteiger partial charge on any atom is 0.242 e. The topological polar surface area (TPSA) is 86.8 Å². The second-order valence-electron chi connectivity index (χ2n) is 9.52. The van der Waals surface area contributed by atoms with Crippen LogP contribution in [0.2, 0.25) is 10.0 Å². The first-order valence-electron chi connectivity index (χ1n) is 12.6. The molecule has 37 heavy (non-hydrogen) atoms. The Balaban J connectivity index is 1.69. The largest absolute Gasteiger partial charge is 0.352 e. The number of sulfonamides is 1. The summed E-state index contributed by atoms with van der Waals surface area (Å²) in [7, 11) is -3.66. The number of hydrogen-bond acceptors (Lipinski definition) is 4. The summed E-state index contributed by atoms with van der Waals surface area (Å²) in [6.45, 7) is 2.19. The van der Waals surface area contributed by atoms with Gasteiger partial charge in [-0.05, 0) is 56.4 Å². The summed E-state index contributed by atoms with van der Waals surface area (Å²) in [4.78, 5) is 28.0. The number of anilines is 1. The molecule has 1 fully saturated rings. The first-order chi connectivity index (χ1) is 17.6. The van der Waals surface area contributed by atoms with Gasteiger partial charge in [-0.15, -0.1) is 0 Å². The van der Waals surface area contributed by atoms with E-state index >= 15 is 0 Å². The van der Waals surface area contributed by atoms with Crippen molar-refractivity contribution in [1.29, 1.82) is 0 Å². The monoisotopic (exact) mass is 567 g/mol. The summed E-state index contributed by atoms with van der Waals surface area (Å²) in [5.74, 6) is -0.354. The van der Waals surface area contributed by atoms with Gasteiger partial charge in [0.1, 0.15) is 6.04 Å². The highest BCUT2D eigenvalue weighted by Gasteiger charge is 2.28. The Morgan fingerprint density at radius 3 is 2.38 bits per heavy atom. The zero-order valence-corrected chi connectivity index (χ0v) is 23.7. The van der Waals surface area contributed by atoms with Gasteiger partial charge in [-0.1, -0.05) is 66.4 Å². The summed E-state index contributed by atoms with van der Waals surface area (Å²) in [5, 5.41) is 3.70. The molecular weight excluding hydrogens is 533 g/mol. The number of amides is 2. The smallest absolute Gasteiger partial charge is 0.242 e. The molecule has 1 N–H and O–H groups in total. The van der Waals surface area contributed by atoms with E-state index in [1.165, 1.54) is 10.4 Å². The predicted molar refractivity (Wildman–Crippen MR) is 150 cm³/mol. The molecule has 10 heteroatoms. The van der Waals surface area contributed by atoms with Crippen molar-refractivity contribution in [3.8, 4) is 0 Å². The number of halogens is 2. The van der Waals surface area contributed by atoms with E-state index in [1.807, 2.05) is 30.3 Å². The lowest BCUT2D eigenvalue weighted by Gasteiger charge is -2.30. The Hall–Kier alpha value is -2.29. The summed E-state index contributed by atoms with van der Waals surface area (Å²) in [6.07, 6.45) is 6.17. The molecule has 0 bridgehead atoms. The van der Waals surface area contributed by atoms with Crippen molar-refractivity contribution in [3.05, 3.63) is 64.1 Å². The average Bonchev–Trinajstić information content (AvgIpc) is 3.36. The van der Waals surface area contributed by atoms with Gasteiger partial charge >= 0.3 is 0 Å². The summed E-state index contributed by atoms with van der Waals surface area (Å²) >= 11 is 12.3. The van der Waals surface area contributed by atoms with Gasteiger partial charge in [0, 0.05) is 30.6 Å². The van der Waals surface area contributed by atoms with Gasteiger partial charge in [0.25, 0.3) is 0 Å². The number of nitrogens with zero attached hydrogens (tertiary/aromatic N) is 2. The summed E-state index contributed by atoms with van der Waals surface area (Å²) in [6, 6.07) is 13.9. The fraction of sp³-hybridized carbons (Fsp3) is 0.481. The highest BCUT2D eigenvalue weighted by molar-refractivity contribution is 7.92. The predicted octanol–water partition coefficient (Wildman–Crippen LogP) is 5.06. The minimum atomic E-state index is -3.66.